The number of nitrogens with zero attached hydrogens (tertiary/aromatic N) is 3. The molecule has 0 aliphatic heterocycles. The summed E-state index contributed by atoms with van der Waals surface area (Å²) in [5, 5.41) is 8.05. The molecule has 0 fully saturated rings. The Hall–Kier alpha value is -0.990. The summed E-state index contributed by atoms with van der Waals surface area (Å²) in [6, 6.07) is 0. The molecule has 0 aromatic carbocycles. The number of carbonyl (C=O) groups excluding carboxylic acids is 1. The average molecular weight is 328 g/mol. The van der Waals surface area contributed by atoms with Gasteiger partial charge in [-0.05, 0) is 37.9 Å². The highest BCUT2D eigenvalue weighted by Crippen LogP contribution is 2.33. The summed E-state index contributed by atoms with van der Waals surface area (Å²) in [5.74, 6) is -0.119. The number of hydrogen-bond donors (Lipinski definition) is 1. The second kappa shape index (κ2) is 6.19. The van der Waals surface area contributed by atoms with Gasteiger partial charge in [-0.3, -0.25) is 9.48 Å². The third-order valence-electron chi connectivity index (χ3n) is 2.98. The second-order valence-corrected chi connectivity index (χ2v) is 6.83. The number of anilines is 1. The van der Waals surface area contributed by atoms with Crippen molar-refractivity contribution in [3.8, 4) is 0 Å². The lowest BCUT2D eigenvalue weighted by atomic mass is 10.3. The van der Waals surface area contributed by atoms with E-state index in [0.29, 0.717) is 5.56 Å². The maximum atomic E-state index is 12.5. The predicted octanol–water partition coefficient (Wildman–Crippen LogP) is 3.19. The number of carbonyl (C=O) groups is 1. The first-order valence-electron chi connectivity index (χ1n) is 5.88. The van der Waals surface area contributed by atoms with E-state index in [9.17, 15) is 4.79 Å². The van der Waals surface area contributed by atoms with Crippen LogP contribution in [0.25, 0.3) is 0 Å². The Morgan fingerprint density at radius 3 is 2.50 bits per heavy atom. The monoisotopic (exact) mass is 328 g/mol. The van der Waals surface area contributed by atoms with Crippen molar-refractivity contribution in [2.24, 2.45) is 7.05 Å². The molecule has 0 saturated heterocycles. The minimum atomic E-state index is -0.119. The van der Waals surface area contributed by atoms with Crippen molar-refractivity contribution in [3.63, 3.8) is 0 Å². The van der Waals surface area contributed by atoms with Crippen LogP contribution in [0.3, 0.4) is 0 Å². The number of hydrogen-bond acceptors (Lipinski definition) is 6. The van der Waals surface area contributed by atoms with Gasteiger partial charge in [0.15, 0.2) is 0 Å². The van der Waals surface area contributed by atoms with E-state index in [-0.39, 0.29) is 5.91 Å². The van der Waals surface area contributed by atoms with Crippen LogP contribution < -0.4 is 5.32 Å². The summed E-state index contributed by atoms with van der Waals surface area (Å²) in [5.41, 5.74) is 3.20. The molecule has 0 bridgehead atoms. The van der Waals surface area contributed by atoms with Crippen molar-refractivity contribution in [1.82, 2.24) is 14.2 Å². The smallest absolute Gasteiger partial charge is 0.260 e. The summed E-state index contributed by atoms with van der Waals surface area (Å²) in [6.45, 7) is 3.83. The first kappa shape index (κ1) is 15.4. The van der Waals surface area contributed by atoms with E-state index in [0.717, 1.165) is 26.3 Å². The van der Waals surface area contributed by atoms with Crippen LogP contribution >= 0.6 is 35.1 Å². The Morgan fingerprint density at radius 2 is 2.00 bits per heavy atom. The van der Waals surface area contributed by atoms with Crippen LogP contribution in [0.15, 0.2) is 9.24 Å². The Morgan fingerprint density at radius 1 is 1.30 bits per heavy atom. The average Bonchev–Trinajstić information content (AvgIpc) is 2.95. The lowest BCUT2D eigenvalue weighted by Gasteiger charge is -2.06. The van der Waals surface area contributed by atoms with E-state index >= 15 is 0 Å². The predicted molar refractivity (Wildman–Crippen MR) is 86.3 cm³/mol. The fourth-order valence-corrected chi connectivity index (χ4v) is 4.14. The van der Waals surface area contributed by atoms with Gasteiger partial charge in [0.1, 0.15) is 5.03 Å². The minimum absolute atomic E-state index is 0.119. The summed E-state index contributed by atoms with van der Waals surface area (Å²) in [6.07, 6.45) is 3.88. The maximum absolute atomic E-state index is 12.5. The van der Waals surface area contributed by atoms with Gasteiger partial charge < -0.3 is 5.32 Å². The zero-order valence-electron chi connectivity index (χ0n) is 12.0. The van der Waals surface area contributed by atoms with Crippen molar-refractivity contribution < 1.29 is 4.79 Å². The number of thioether (sulfide) groups is 2. The molecule has 0 aliphatic rings. The molecule has 1 N–H and O–H groups in total. The Bertz CT molecular complexity index is 626. The molecular weight excluding hydrogens is 312 g/mol. The maximum Gasteiger partial charge on any atom is 0.260 e. The first-order chi connectivity index (χ1) is 9.49. The van der Waals surface area contributed by atoms with Crippen LogP contribution in [0.2, 0.25) is 0 Å². The van der Waals surface area contributed by atoms with E-state index in [2.05, 4.69) is 14.8 Å². The lowest BCUT2D eigenvalue weighted by molar-refractivity contribution is 0.102. The van der Waals surface area contributed by atoms with E-state index in [1.165, 1.54) is 23.3 Å². The fourth-order valence-electron chi connectivity index (χ4n) is 1.86. The third-order valence-corrected chi connectivity index (χ3v) is 5.72. The normalized spacial score (nSPS) is 10.8. The van der Waals surface area contributed by atoms with Gasteiger partial charge in [-0.1, -0.05) is 0 Å². The number of nitrogens with one attached hydrogen (secondary N) is 1. The molecule has 0 spiro atoms. The van der Waals surface area contributed by atoms with Crippen LogP contribution in [0.5, 0.6) is 0 Å². The zero-order valence-corrected chi connectivity index (χ0v) is 14.4. The molecule has 20 heavy (non-hydrogen) atoms. The molecular formula is C12H16N4OS3. The van der Waals surface area contributed by atoms with Gasteiger partial charge in [-0.25, -0.2) is 0 Å². The number of amides is 1. The quantitative estimate of drug-likeness (QED) is 0.874. The molecule has 0 saturated carbocycles. The minimum Gasteiger partial charge on any atom is -0.319 e. The van der Waals surface area contributed by atoms with Crippen LogP contribution in [-0.2, 0) is 7.05 Å². The highest BCUT2D eigenvalue weighted by molar-refractivity contribution is 8.01. The van der Waals surface area contributed by atoms with Gasteiger partial charge in [0.2, 0.25) is 0 Å². The molecule has 1 amide bonds. The Kier molecular flexibility index (Phi) is 4.77. The van der Waals surface area contributed by atoms with Gasteiger partial charge in [0.05, 0.1) is 26.8 Å². The lowest BCUT2D eigenvalue weighted by Crippen LogP contribution is -2.14. The molecule has 2 aromatic heterocycles. The standard InChI is InChI=1S/C12H16N4OS3/c1-6-9(7(2)16(3)14-6)13-10(17)8-11(18-4)15-20-12(8)19-5/h1-5H3,(H,13,17). The molecule has 8 heteroatoms. The first-order valence-corrected chi connectivity index (χ1v) is 9.11. The zero-order chi connectivity index (χ0) is 14.9. The van der Waals surface area contributed by atoms with Crippen LogP contribution in [0.4, 0.5) is 5.69 Å². The molecule has 0 unspecified atom stereocenters. The van der Waals surface area contributed by atoms with Crippen molar-refractivity contribution in [1.29, 1.82) is 0 Å². The van der Waals surface area contributed by atoms with Crippen LogP contribution in [-0.4, -0.2) is 32.6 Å². The van der Waals surface area contributed by atoms with Crippen LogP contribution in [0, 0.1) is 13.8 Å². The van der Waals surface area contributed by atoms with Gasteiger partial charge in [-0.2, -0.15) is 9.47 Å². The highest BCUT2D eigenvalue weighted by Gasteiger charge is 2.22. The van der Waals surface area contributed by atoms with Crippen molar-refractivity contribution in [2.45, 2.75) is 23.1 Å². The van der Waals surface area contributed by atoms with E-state index < -0.39 is 0 Å². The molecule has 5 nitrogen and oxygen atoms in total. The van der Waals surface area contributed by atoms with Crippen molar-refractivity contribution >= 4 is 46.7 Å². The topological polar surface area (TPSA) is 59.8 Å². The van der Waals surface area contributed by atoms with Crippen LogP contribution in [0.1, 0.15) is 21.7 Å². The van der Waals surface area contributed by atoms with Gasteiger partial charge in [0, 0.05) is 7.05 Å². The summed E-state index contributed by atoms with van der Waals surface area (Å²) < 4.78 is 7.02. The Labute approximate surface area is 130 Å². The van der Waals surface area contributed by atoms with Crippen molar-refractivity contribution in [2.75, 3.05) is 17.8 Å². The van der Waals surface area contributed by atoms with E-state index in [1.807, 2.05) is 33.4 Å². The van der Waals surface area contributed by atoms with Gasteiger partial charge in [0.25, 0.3) is 5.91 Å². The largest absolute Gasteiger partial charge is 0.319 e. The Balaban J connectivity index is 2.35. The highest BCUT2D eigenvalue weighted by atomic mass is 32.2. The SMILES string of the molecule is CSc1nsc(SC)c1C(=O)Nc1c(C)nn(C)c1C. The van der Waals surface area contributed by atoms with Crippen molar-refractivity contribution in [3.05, 3.63) is 17.0 Å². The summed E-state index contributed by atoms with van der Waals surface area (Å²) in [7, 11) is 1.87. The molecule has 0 atom stereocenters. The van der Waals surface area contributed by atoms with Gasteiger partial charge >= 0.3 is 0 Å². The summed E-state index contributed by atoms with van der Waals surface area (Å²) in [4.78, 5) is 12.5. The molecule has 2 heterocycles. The molecule has 0 aliphatic carbocycles. The molecule has 2 rings (SSSR count). The number of aryl methyl sites for hydroxylation is 2. The number of rotatable bonds is 4. The molecule has 0 radical (unpaired) electrons. The van der Waals surface area contributed by atoms with E-state index in [1.54, 1.807) is 16.4 Å². The second-order valence-electron chi connectivity index (χ2n) is 4.18. The summed E-state index contributed by atoms with van der Waals surface area (Å²) >= 11 is 4.40. The van der Waals surface area contributed by atoms with Gasteiger partial charge in [-0.15, -0.1) is 23.5 Å². The third kappa shape index (κ3) is 2.72. The fraction of sp³-hybridized carbons (Fsp3) is 0.417. The molecule has 2 aromatic rings. The van der Waals surface area contributed by atoms with E-state index in [4.69, 9.17) is 0 Å². The number of aromatic nitrogens is 3. The molecule has 108 valence electrons.